The molecule has 0 amide bonds. The molecule has 0 radical (unpaired) electrons. The van der Waals surface area contributed by atoms with Crippen LogP contribution >= 0.6 is 54.8 Å². The molecule has 0 saturated carbocycles. The summed E-state index contributed by atoms with van der Waals surface area (Å²) in [5.74, 6) is -2.44. The lowest BCUT2D eigenvalue weighted by molar-refractivity contribution is 0.0977. The summed E-state index contributed by atoms with van der Waals surface area (Å²) < 4.78 is 15.3. The Morgan fingerprint density at radius 2 is 2.15 bits per heavy atom. The van der Waals surface area contributed by atoms with Crippen molar-refractivity contribution in [3.05, 3.63) is 53.8 Å². The lowest BCUT2D eigenvalue weighted by atomic mass is 9.92. The van der Waals surface area contributed by atoms with Gasteiger partial charge in [0.25, 0.3) is 0 Å². The molecule has 0 aliphatic carbocycles. The van der Waals surface area contributed by atoms with Gasteiger partial charge in [-0.05, 0) is 44.0 Å². The second-order valence-corrected chi connectivity index (χ2v) is 7.96. The molecule has 0 N–H and O–H groups in total. The molecule has 102 valence electrons. The van der Waals surface area contributed by atoms with E-state index in [1.165, 1.54) is 29.5 Å². The minimum absolute atomic E-state index is 0.0146. The molecule has 0 aliphatic rings. The van der Waals surface area contributed by atoms with Gasteiger partial charge in [-0.1, -0.05) is 23.7 Å². The van der Waals surface area contributed by atoms with Gasteiger partial charge in [0.2, 0.25) is 0 Å². The van der Waals surface area contributed by atoms with Crippen molar-refractivity contribution in [1.82, 2.24) is 0 Å². The number of halogens is 4. The predicted octanol–water partition coefficient (Wildman–Crippen LogP) is 5.56. The number of nitriles is 1. The highest BCUT2D eigenvalue weighted by Crippen LogP contribution is 2.35. The fourth-order valence-corrected chi connectivity index (χ4v) is 4.68. The second-order valence-electron chi connectivity index (χ2n) is 3.81. The largest absolute Gasteiger partial charge is 0.292 e. The molecule has 0 bridgehead atoms. The van der Waals surface area contributed by atoms with Crippen LogP contribution in [0.1, 0.15) is 21.8 Å². The number of benzene rings is 1. The molecule has 1 atom stereocenters. The zero-order valence-electron chi connectivity index (χ0n) is 9.66. The van der Waals surface area contributed by atoms with Gasteiger partial charge in [0.1, 0.15) is 11.7 Å². The maximum absolute atomic E-state index is 14.0. The summed E-state index contributed by atoms with van der Waals surface area (Å²) in [6, 6.07) is 7.72. The molecule has 2 nitrogen and oxygen atoms in total. The van der Waals surface area contributed by atoms with E-state index in [-0.39, 0.29) is 10.6 Å². The number of thiophene rings is 1. The summed E-state index contributed by atoms with van der Waals surface area (Å²) in [4.78, 5) is 12.4. The van der Waals surface area contributed by atoms with Crippen molar-refractivity contribution < 1.29 is 9.18 Å². The number of carbonyl (C=O) groups is 1. The molecule has 7 heteroatoms. The van der Waals surface area contributed by atoms with Crippen LogP contribution in [0.3, 0.4) is 0 Å². The molecule has 0 fully saturated rings. The van der Waals surface area contributed by atoms with E-state index in [0.717, 1.165) is 3.79 Å². The van der Waals surface area contributed by atoms with Gasteiger partial charge in [-0.3, -0.25) is 4.79 Å². The highest BCUT2D eigenvalue weighted by atomic mass is 79.9. The van der Waals surface area contributed by atoms with Gasteiger partial charge >= 0.3 is 0 Å². The maximum Gasteiger partial charge on any atom is 0.186 e. The van der Waals surface area contributed by atoms with E-state index in [1.54, 1.807) is 6.07 Å². The van der Waals surface area contributed by atoms with E-state index in [9.17, 15) is 14.4 Å². The average Bonchev–Trinajstić information content (AvgIpc) is 2.74. The Bertz CT molecular complexity index is 726. The molecule has 0 saturated heterocycles. The minimum Gasteiger partial charge on any atom is -0.292 e. The smallest absolute Gasteiger partial charge is 0.186 e. The molecule has 0 spiro atoms. The normalized spacial score (nSPS) is 11.9. The zero-order valence-corrected chi connectivity index (χ0v) is 14.4. The van der Waals surface area contributed by atoms with Crippen molar-refractivity contribution in [2.24, 2.45) is 0 Å². The van der Waals surface area contributed by atoms with E-state index in [4.69, 9.17) is 11.6 Å². The third kappa shape index (κ3) is 2.96. The van der Waals surface area contributed by atoms with Crippen molar-refractivity contribution in [2.45, 2.75) is 5.92 Å². The van der Waals surface area contributed by atoms with Crippen LogP contribution < -0.4 is 0 Å². The summed E-state index contributed by atoms with van der Waals surface area (Å²) in [6.07, 6.45) is 0. The third-order valence-electron chi connectivity index (χ3n) is 2.61. The number of Topliss-reactive ketones (excluding diaryl/α,β-unsaturated/α-hetero) is 1. The standard InChI is InChI=1S/C13H5Br2ClFNOS/c14-10-4-7(13(15)20-10)12(19)8(5-18)6-2-1-3-9(16)11(6)17/h1-4,8H. The Hall–Kier alpha value is -0.740. The van der Waals surface area contributed by atoms with E-state index < -0.39 is 17.5 Å². The first-order chi connectivity index (χ1) is 9.45. The Morgan fingerprint density at radius 1 is 1.45 bits per heavy atom. The van der Waals surface area contributed by atoms with Crippen LogP contribution in [-0.4, -0.2) is 5.78 Å². The summed E-state index contributed by atoms with van der Waals surface area (Å²) in [5, 5.41) is 9.11. The van der Waals surface area contributed by atoms with Crippen molar-refractivity contribution in [3.63, 3.8) is 0 Å². The number of hydrogen-bond acceptors (Lipinski definition) is 3. The Kier molecular flexibility index (Phi) is 4.97. The summed E-state index contributed by atoms with van der Waals surface area (Å²) in [5.41, 5.74) is 0.326. The third-order valence-corrected chi connectivity index (χ3v) is 5.24. The molecule has 20 heavy (non-hydrogen) atoms. The molecular weight excluding hydrogens is 432 g/mol. The molecule has 1 aromatic carbocycles. The van der Waals surface area contributed by atoms with E-state index in [0.29, 0.717) is 9.35 Å². The minimum atomic E-state index is -1.23. The number of nitrogens with zero attached hydrogens (tertiary/aromatic N) is 1. The molecule has 2 rings (SSSR count). The van der Waals surface area contributed by atoms with E-state index in [2.05, 4.69) is 31.9 Å². The fourth-order valence-electron chi connectivity index (χ4n) is 1.68. The fraction of sp³-hybridized carbons (Fsp3) is 0.0769. The molecule has 1 heterocycles. The second kappa shape index (κ2) is 6.35. The summed E-state index contributed by atoms with van der Waals surface area (Å²) >= 11 is 13.5. The van der Waals surface area contributed by atoms with Crippen LogP contribution in [0.15, 0.2) is 31.8 Å². The van der Waals surface area contributed by atoms with Gasteiger partial charge in [-0.15, -0.1) is 11.3 Å². The molecular formula is C13H5Br2ClFNOS. The van der Waals surface area contributed by atoms with Crippen molar-refractivity contribution in [1.29, 1.82) is 5.26 Å². The topological polar surface area (TPSA) is 40.9 Å². The molecule has 2 aromatic rings. The first-order valence-corrected chi connectivity index (χ1v) is 8.06. The average molecular weight is 438 g/mol. The van der Waals surface area contributed by atoms with Crippen LogP contribution in [0, 0.1) is 17.1 Å². The first-order valence-electron chi connectivity index (χ1n) is 5.28. The Balaban J connectivity index is 2.48. The quantitative estimate of drug-likeness (QED) is 0.590. The van der Waals surface area contributed by atoms with Crippen molar-refractivity contribution in [3.8, 4) is 6.07 Å². The van der Waals surface area contributed by atoms with Gasteiger partial charge in [0, 0.05) is 11.1 Å². The van der Waals surface area contributed by atoms with Crippen LogP contribution in [-0.2, 0) is 0 Å². The summed E-state index contributed by atoms with van der Waals surface area (Å²) in [6.45, 7) is 0. The number of hydrogen-bond donors (Lipinski definition) is 0. The van der Waals surface area contributed by atoms with Gasteiger partial charge in [-0.25, -0.2) is 4.39 Å². The van der Waals surface area contributed by atoms with Gasteiger partial charge in [-0.2, -0.15) is 5.26 Å². The van der Waals surface area contributed by atoms with Gasteiger partial charge in [0.15, 0.2) is 5.78 Å². The highest BCUT2D eigenvalue weighted by molar-refractivity contribution is 9.12. The van der Waals surface area contributed by atoms with E-state index >= 15 is 0 Å². The predicted molar refractivity (Wildman–Crippen MR) is 83.8 cm³/mol. The Morgan fingerprint density at radius 3 is 2.70 bits per heavy atom. The van der Waals surface area contributed by atoms with E-state index in [1.807, 2.05) is 6.07 Å². The summed E-state index contributed by atoms with van der Waals surface area (Å²) in [7, 11) is 0. The SMILES string of the molecule is N#CC(C(=O)c1cc(Br)sc1Br)c1cccc(Cl)c1F. The van der Waals surface area contributed by atoms with Crippen LogP contribution in [0.4, 0.5) is 4.39 Å². The van der Waals surface area contributed by atoms with Crippen molar-refractivity contribution >= 4 is 60.6 Å². The van der Waals surface area contributed by atoms with Crippen LogP contribution in [0.25, 0.3) is 0 Å². The monoisotopic (exact) mass is 435 g/mol. The molecule has 1 aromatic heterocycles. The highest BCUT2D eigenvalue weighted by Gasteiger charge is 2.28. The lowest BCUT2D eigenvalue weighted by Crippen LogP contribution is -2.12. The number of ketones is 1. The van der Waals surface area contributed by atoms with Gasteiger partial charge < -0.3 is 0 Å². The van der Waals surface area contributed by atoms with Gasteiger partial charge in [0.05, 0.1) is 18.7 Å². The maximum atomic E-state index is 14.0. The molecule has 0 aliphatic heterocycles. The number of carbonyl (C=O) groups excluding carboxylic acids is 1. The van der Waals surface area contributed by atoms with Crippen LogP contribution in [0.5, 0.6) is 0 Å². The Labute approximate surface area is 140 Å². The first kappa shape index (κ1) is 15.6. The zero-order chi connectivity index (χ0) is 14.9. The van der Waals surface area contributed by atoms with Crippen LogP contribution in [0.2, 0.25) is 5.02 Å². The number of rotatable bonds is 3. The molecule has 1 unspecified atom stereocenters. The lowest BCUT2D eigenvalue weighted by Gasteiger charge is -2.10. The van der Waals surface area contributed by atoms with Crippen molar-refractivity contribution in [2.75, 3.05) is 0 Å².